The van der Waals surface area contributed by atoms with Gasteiger partial charge in [0.1, 0.15) is 33.5 Å². The zero-order chi connectivity index (χ0) is 95.1. The third-order valence-corrected chi connectivity index (χ3v) is 32.3. The lowest BCUT2D eigenvalue weighted by Gasteiger charge is -2.23. The van der Waals surface area contributed by atoms with Crippen molar-refractivity contribution in [3.05, 3.63) is 496 Å². The molecular formula is C140H88O3S. The van der Waals surface area contributed by atoms with Crippen molar-refractivity contribution in [2.24, 2.45) is 0 Å². The first kappa shape index (κ1) is 83.0. The van der Waals surface area contributed by atoms with Gasteiger partial charge in [0.15, 0.2) is 0 Å². The fourth-order valence-corrected chi connectivity index (χ4v) is 25.9. The highest BCUT2D eigenvalue weighted by atomic mass is 32.1. The number of furan rings is 3. The van der Waals surface area contributed by atoms with E-state index in [-0.39, 0.29) is 5.41 Å². The predicted octanol–water partition coefficient (Wildman–Crippen LogP) is 40.6. The minimum Gasteiger partial charge on any atom is -0.455 e. The Morgan fingerprint density at radius 3 is 0.896 bits per heavy atom. The van der Waals surface area contributed by atoms with Crippen molar-refractivity contribution in [3.8, 4) is 100 Å². The van der Waals surface area contributed by atoms with E-state index in [9.17, 15) is 0 Å². The molecule has 1 aliphatic rings. The van der Waals surface area contributed by atoms with Crippen LogP contribution in [0.1, 0.15) is 30.5 Å². The van der Waals surface area contributed by atoms with E-state index in [1.165, 1.54) is 233 Å². The molecule has 3 nitrogen and oxygen atoms in total. The second kappa shape index (κ2) is 32.8. The third-order valence-electron chi connectivity index (χ3n) is 31.1. The topological polar surface area (TPSA) is 39.4 Å². The molecule has 0 atom stereocenters. The van der Waals surface area contributed by atoms with Gasteiger partial charge in [-0.25, -0.2) is 0 Å². The molecule has 30 aromatic rings. The van der Waals surface area contributed by atoms with Gasteiger partial charge in [0.2, 0.25) is 0 Å². The van der Waals surface area contributed by atoms with Crippen molar-refractivity contribution in [2.45, 2.75) is 26.2 Å². The van der Waals surface area contributed by atoms with Crippen molar-refractivity contribution in [1.82, 2.24) is 0 Å². The molecule has 0 aliphatic heterocycles. The third kappa shape index (κ3) is 12.6. The molecule has 0 N–H and O–H groups in total. The SMILES string of the molecule is CC1(C)c2ccc3ccccc3c2-c2c1cc(-c1c3ccccc3c(-c3cccc4ccccc34)c3ccccc13)c1c2oc2ccccc21.Cc1ccc(-c2ccc(-c3c4ccccc4c(-c4cccc5ccccc45)c4ccccc34)c3c2oc2ccccc23)cc1.c1ccc2c(-c3c4ccccc4c(-c4ccc(-c5cccc6c5sc5ccccc56)c5oc6ccccc6c45)c4ccccc34)cccc2c1. The number of para-hydroxylation sites is 3. The monoisotopic (exact) mass is 1850 g/mol. The molecule has 4 heterocycles. The summed E-state index contributed by atoms with van der Waals surface area (Å²) >= 11 is 1.86. The molecule has 31 rings (SSSR count). The summed E-state index contributed by atoms with van der Waals surface area (Å²) in [5.74, 6) is 0. The first-order valence-electron chi connectivity index (χ1n) is 49.8. The van der Waals surface area contributed by atoms with Gasteiger partial charge in [-0.3, -0.25) is 0 Å². The zero-order valence-corrected chi connectivity index (χ0v) is 80.1. The Labute approximate surface area is 834 Å². The number of hydrogen-bond acceptors (Lipinski definition) is 4. The van der Waals surface area contributed by atoms with Crippen LogP contribution in [0.2, 0.25) is 0 Å². The summed E-state index contributed by atoms with van der Waals surface area (Å²) in [4.78, 5) is 0. The largest absolute Gasteiger partial charge is 0.455 e. The van der Waals surface area contributed by atoms with Crippen molar-refractivity contribution in [1.29, 1.82) is 0 Å². The summed E-state index contributed by atoms with van der Waals surface area (Å²) in [6.07, 6.45) is 0. The minimum absolute atomic E-state index is 0.217. The number of benzene rings is 26. The molecule has 4 aromatic heterocycles. The standard InChI is InChI=1S/C49H32O.C48H28OS.C43H28O/c1-49(2)40-27-26-30-15-4-6-18-32(30)46(40)47-41(49)28-39(45-38-23-11-12-25-42(38)50-48(45)47)44-36-21-9-7-19-34(36)43(35-20-8-10-22-37(35)44)33-24-13-16-29-14-3-5-17-31(29)33;1-2-15-30-29(13-1)14-11-22-32(30)44-33-17-3-5-19-35(33)45(36-20-6-4-18-34(36)44)41-28-27-37(47-46(41)40-21-7-9-25-42(40)49-47)39-24-12-23-38-31-16-8-10-26-43(31)50-48(38)39;1-27-21-23-29(24-22-27)31-25-26-38(42-37-18-8-9-20-39(37)44-43(31)42)41-35-16-6-4-14-33(35)40(34-15-5-7-17-36(34)41)32-19-10-12-28-11-2-3-13-30(28)32/h3-28H,1-2H3;1-28H;2-26H,1H3. The van der Waals surface area contributed by atoms with Gasteiger partial charge in [-0.15, -0.1) is 11.3 Å². The molecule has 0 spiro atoms. The molecule has 0 bridgehead atoms. The lowest BCUT2D eigenvalue weighted by atomic mass is 9.79. The van der Waals surface area contributed by atoms with E-state index in [0.29, 0.717) is 0 Å². The average molecular weight is 1850 g/mol. The van der Waals surface area contributed by atoms with Crippen LogP contribution in [0.5, 0.6) is 0 Å². The van der Waals surface area contributed by atoms with Crippen LogP contribution in [0.15, 0.2) is 492 Å². The Balaban J connectivity index is 0.000000103. The molecule has 0 radical (unpaired) electrons. The number of hydrogen-bond donors (Lipinski definition) is 0. The van der Waals surface area contributed by atoms with E-state index >= 15 is 0 Å². The van der Waals surface area contributed by atoms with Gasteiger partial charge in [0.25, 0.3) is 0 Å². The molecule has 0 amide bonds. The van der Waals surface area contributed by atoms with E-state index in [0.717, 1.165) is 77.1 Å². The summed E-state index contributed by atoms with van der Waals surface area (Å²) in [6, 6.07) is 175. The lowest BCUT2D eigenvalue weighted by Crippen LogP contribution is -2.15. The predicted molar refractivity (Wildman–Crippen MR) is 615 cm³/mol. The van der Waals surface area contributed by atoms with E-state index in [1.807, 2.05) is 11.3 Å². The van der Waals surface area contributed by atoms with Crippen LogP contribution in [0.25, 0.3) is 294 Å². The first-order valence-corrected chi connectivity index (χ1v) is 50.6. The van der Waals surface area contributed by atoms with Crippen LogP contribution in [0.3, 0.4) is 0 Å². The van der Waals surface area contributed by atoms with Crippen LogP contribution in [-0.2, 0) is 5.41 Å². The Bertz CT molecular complexity index is 10500. The minimum atomic E-state index is -0.217. The normalized spacial score (nSPS) is 12.5. The van der Waals surface area contributed by atoms with Crippen LogP contribution >= 0.6 is 11.3 Å². The van der Waals surface area contributed by atoms with E-state index < -0.39 is 0 Å². The summed E-state index contributed by atoms with van der Waals surface area (Å²) in [5.41, 5.74) is 31.4. The van der Waals surface area contributed by atoms with Crippen LogP contribution in [-0.4, -0.2) is 0 Å². The first-order chi connectivity index (χ1) is 71.2. The molecule has 672 valence electrons. The van der Waals surface area contributed by atoms with Gasteiger partial charge in [0, 0.05) is 80.2 Å². The summed E-state index contributed by atoms with van der Waals surface area (Å²) in [6.45, 7) is 6.89. The van der Waals surface area contributed by atoms with Crippen LogP contribution < -0.4 is 0 Å². The van der Waals surface area contributed by atoms with Crippen LogP contribution in [0.4, 0.5) is 0 Å². The van der Waals surface area contributed by atoms with Crippen molar-refractivity contribution < 1.29 is 13.3 Å². The Morgan fingerprint density at radius 2 is 0.472 bits per heavy atom. The molecule has 1 aliphatic carbocycles. The quantitative estimate of drug-likeness (QED) is 0.142. The van der Waals surface area contributed by atoms with Gasteiger partial charge in [-0.1, -0.05) is 456 Å². The Hall–Kier alpha value is -18.1. The van der Waals surface area contributed by atoms with Gasteiger partial charge in [-0.05, 0) is 246 Å². The summed E-state index contributed by atoms with van der Waals surface area (Å²) in [7, 11) is 0. The maximum absolute atomic E-state index is 7.02. The summed E-state index contributed by atoms with van der Waals surface area (Å²) < 4.78 is 23.2. The second-order valence-corrected chi connectivity index (χ2v) is 40.2. The highest BCUT2D eigenvalue weighted by molar-refractivity contribution is 7.26. The highest BCUT2D eigenvalue weighted by Gasteiger charge is 2.41. The number of thiophene rings is 1. The molecular weight excluding hydrogens is 1760 g/mol. The van der Waals surface area contributed by atoms with E-state index in [1.54, 1.807) is 0 Å². The van der Waals surface area contributed by atoms with Crippen molar-refractivity contribution in [2.75, 3.05) is 0 Å². The average Bonchev–Trinajstić information content (AvgIpc) is 1.51. The van der Waals surface area contributed by atoms with E-state index in [4.69, 9.17) is 13.3 Å². The second-order valence-electron chi connectivity index (χ2n) is 39.2. The van der Waals surface area contributed by atoms with Crippen molar-refractivity contribution in [3.63, 3.8) is 0 Å². The van der Waals surface area contributed by atoms with Gasteiger partial charge in [0.05, 0.1) is 0 Å². The smallest absolute Gasteiger partial charge is 0.144 e. The molecule has 0 fully saturated rings. The molecule has 26 aromatic carbocycles. The fourth-order valence-electron chi connectivity index (χ4n) is 24.7. The van der Waals surface area contributed by atoms with Gasteiger partial charge < -0.3 is 13.3 Å². The number of rotatable bonds is 8. The Morgan fingerprint density at radius 1 is 0.181 bits per heavy atom. The van der Waals surface area contributed by atoms with Gasteiger partial charge in [-0.2, -0.15) is 0 Å². The molecule has 0 unspecified atom stereocenters. The zero-order valence-electron chi connectivity index (χ0n) is 79.2. The molecule has 0 saturated carbocycles. The molecule has 144 heavy (non-hydrogen) atoms. The summed E-state index contributed by atoms with van der Waals surface area (Å²) in [5, 5.41) is 34.6. The maximum atomic E-state index is 7.02. The van der Waals surface area contributed by atoms with Crippen LogP contribution in [0, 0.1) is 6.92 Å². The van der Waals surface area contributed by atoms with E-state index in [2.05, 4.69) is 500 Å². The Kier molecular flexibility index (Phi) is 18.9. The maximum Gasteiger partial charge on any atom is 0.144 e. The number of aryl methyl sites for hydroxylation is 1. The highest BCUT2D eigenvalue weighted by Crippen LogP contribution is 2.60. The fraction of sp³-hybridized carbons (Fsp3) is 0.0286. The molecule has 0 saturated heterocycles. The van der Waals surface area contributed by atoms with Crippen molar-refractivity contribution >= 4 is 205 Å². The van der Waals surface area contributed by atoms with Gasteiger partial charge >= 0.3 is 0 Å². The number of fused-ring (bicyclic) bond motifs is 27. The lowest BCUT2D eigenvalue weighted by molar-refractivity contribution is 0.653. The molecule has 4 heteroatoms.